The lowest BCUT2D eigenvalue weighted by Gasteiger charge is -2.27. The van der Waals surface area contributed by atoms with E-state index in [0.717, 1.165) is 22.2 Å². The van der Waals surface area contributed by atoms with Gasteiger partial charge in [-0.2, -0.15) is 0 Å². The fourth-order valence-electron chi connectivity index (χ4n) is 2.82. The van der Waals surface area contributed by atoms with E-state index in [-0.39, 0.29) is 24.6 Å². The summed E-state index contributed by atoms with van der Waals surface area (Å²) >= 11 is 0. The second-order valence-electron chi connectivity index (χ2n) is 5.39. The number of nitrogens with one attached hydrogen (secondary N) is 2. The zero-order valence-electron chi connectivity index (χ0n) is 11.7. The molecule has 0 saturated heterocycles. The van der Waals surface area contributed by atoms with Crippen molar-refractivity contribution in [1.29, 1.82) is 0 Å². The molecule has 0 fully saturated rings. The number of nitrogens with zero attached hydrogens (tertiary/aromatic N) is 1. The van der Waals surface area contributed by atoms with E-state index in [4.69, 9.17) is 0 Å². The van der Waals surface area contributed by atoms with Crippen LogP contribution in [-0.2, 0) is 11.2 Å². The summed E-state index contributed by atoms with van der Waals surface area (Å²) in [5, 5.41) is 13.5. The fraction of sp³-hybridized carbons (Fsp3) is 0.400. The maximum Gasteiger partial charge on any atom is 0.242 e. The summed E-state index contributed by atoms with van der Waals surface area (Å²) in [5.74, 6) is -0.0577. The molecule has 1 aliphatic heterocycles. The molecule has 0 unspecified atom stereocenters. The zero-order chi connectivity index (χ0) is 14.3. The zero-order valence-corrected chi connectivity index (χ0v) is 11.7. The number of rotatable bonds is 1. The molecule has 2 heterocycles. The van der Waals surface area contributed by atoms with Gasteiger partial charge in [0.2, 0.25) is 5.91 Å². The molecule has 20 heavy (non-hydrogen) atoms. The first kappa shape index (κ1) is 13.0. The van der Waals surface area contributed by atoms with Gasteiger partial charge in [-0.05, 0) is 31.0 Å². The minimum absolute atomic E-state index is 0.0577. The van der Waals surface area contributed by atoms with Gasteiger partial charge in [-0.25, -0.2) is 0 Å². The standard InChI is InChI=1S/C15H19N3O2/c1-9-15(20)17-11(8-19)6-10-7-16-12-4-3-5-13(14(10)12)18(9)2/h3-5,7,9,11,16,19H,6,8H2,1-2H3,(H,17,20)/t9-,11-/m0/s1. The van der Waals surface area contributed by atoms with Crippen LogP contribution in [0.4, 0.5) is 5.69 Å². The van der Waals surface area contributed by atoms with Gasteiger partial charge in [-0.3, -0.25) is 4.79 Å². The Balaban J connectivity index is 2.20. The molecule has 5 nitrogen and oxygen atoms in total. The normalized spacial score (nSPS) is 23.1. The maximum absolute atomic E-state index is 12.2. The third-order valence-electron chi connectivity index (χ3n) is 4.14. The van der Waals surface area contributed by atoms with Crippen LogP contribution in [0.15, 0.2) is 24.4 Å². The summed E-state index contributed by atoms with van der Waals surface area (Å²) in [6.45, 7) is 1.82. The second kappa shape index (κ2) is 4.83. The lowest BCUT2D eigenvalue weighted by Crippen LogP contribution is -2.48. The number of aromatic amines is 1. The summed E-state index contributed by atoms with van der Waals surface area (Å²) < 4.78 is 0. The number of aromatic nitrogens is 1. The van der Waals surface area contributed by atoms with Crippen molar-refractivity contribution >= 4 is 22.5 Å². The smallest absolute Gasteiger partial charge is 0.242 e. The molecule has 1 aliphatic rings. The molecule has 2 aromatic rings. The fourth-order valence-corrected chi connectivity index (χ4v) is 2.82. The van der Waals surface area contributed by atoms with Crippen molar-refractivity contribution in [2.45, 2.75) is 25.4 Å². The minimum atomic E-state index is -0.282. The van der Waals surface area contributed by atoms with E-state index in [1.807, 2.05) is 43.3 Å². The van der Waals surface area contributed by atoms with Crippen LogP contribution >= 0.6 is 0 Å². The highest BCUT2D eigenvalue weighted by molar-refractivity contribution is 5.98. The number of benzene rings is 1. The average molecular weight is 273 g/mol. The molecule has 1 amide bonds. The molecule has 0 radical (unpaired) electrons. The van der Waals surface area contributed by atoms with Gasteiger partial charge in [0.1, 0.15) is 6.04 Å². The van der Waals surface area contributed by atoms with Gasteiger partial charge < -0.3 is 20.3 Å². The molecular weight excluding hydrogens is 254 g/mol. The van der Waals surface area contributed by atoms with Crippen LogP contribution in [-0.4, -0.2) is 41.7 Å². The van der Waals surface area contributed by atoms with Crippen molar-refractivity contribution in [3.05, 3.63) is 30.0 Å². The van der Waals surface area contributed by atoms with Crippen molar-refractivity contribution in [1.82, 2.24) is 10.3 Å². The van der Waals surface area contributed by atoms with Crippen molar-refractivity contribution < 1.29 is 9.90 Å². The van der Waals surface area contributed by atoms with E-state index < -0.39 is 0 Å². The summed E-state index contributed by atoms with van der Waals surface area (Å²) in [6, 6.07) is 5.52. The van der Waals surface area contributed by atoms with E-state index >= 15 is 0 Å². The number of likely N-dealkylation sites (N-methyl/N-ethyl adjacent to an activating group) is 1. The van der Waals surface area contributed by atoms with Crippen LogP contribution in [0.3, 0.4) is 0 Å². The highest BCUT2D eigenvalue weighted by atomic mass is 16.3. The first-order chi connectivity index (χ1) is 9.61. The summed E-state index contributed by atoms with van der Waals surface area (Å²) in [6.07, 6.45) is 2.59. The number of carbonyl (C=O) groups is 1. The number of aliphatic hydroxyl groups is 1. The van der Waals surface area contributed by atoms with Crippen molar-refractivity contribution in [3.63, 3.8) is 0 Å². The van der Waals surface area contributed by atoms with Gasteiger partial charge in [0, 0.05) is 29.8 Å². The SMILES string of the molecule is C[C@H]1C(=O)N[C@H](CO)Cc2c[nH]c3cccc(c23)N1C. The second-order valence-corrected chi connectivity index (χ2v) is 5.39. The Morgan fingerprint density at radius 2 is 2.25 bits per heavy atom. The number of amides is 1. The van der Waals surface area contributed by atoms with Gasteiger partial charge in [-0.1, -0.05) is 6.07 Å². The predicted molar refractivity (Wildman–Crippen MR) is 78.9 cm³/mol. The van der Waals surface area contributed by atoms with Gasteiger partial charge in [-0.15, -0.1) is 0 Å². The van der Waals surface area contributed by atoms with Crippen LogP contribution in [0.5, 0.6) is 0 Å². The number of hydrogen-bond donors (Lipinski definition) is 3. The van der Waals surface area contributed by atoms with Crippen LogP contribution in [0.1, 0.15) is 12.5 Å². The molecule has 2 atom stereocenters. The molecule has 3 rings (SSSR count). The third kappa shape index (κ3) is 1.94. The van der Waals surface area contributed by atoms with E-state index in [2.05, 4.69) is 10.3 Å². The van der Waals surface area contributed by atoms with Crippen molar-refractivity contribution in [2.24, 2.45) is 0 Å². The van der Waals surface area contributed by atoms with Crippen LogP contribution in [0.2, 0.25) is 0 Å². The van der Waals surface area contributed by atoms with Gasteiger partial charge in [0.25, 0.3) is 0 Å². The number of hydrogen-bond acceptors (Lipinski definition) is 3. The predicted octanol–water partition coefficient (Wildman–Crippen LogP) is 1.03. The van der Waals surface area contributed by atoms with Gasteiger partial charge in [0.15, 0.2) is 0 Å². The summed E-state index contributed by atoms with van der Waals surface area (Å²) in [4.78, 5) is 17.5. The molecule has 3 N–H and O–H groups in total. The highest BCUT2D eigenvalue weighted by Crippen LogP contribution is 2.31. The monoisotopic (exact) mass is 273 g/mol. The van der Waals surface area contributed by atoms with Crippen LogP contribution in [0, 0.1) is 0 Å². The van der Waals surface area contributed by atoms with E-state index in [1.165, 1.54) is 0 Å². The quantitative estimate of drug-likeness (QED) is 0.727. The average Bonchev–Trinajstić information content (AvgIpc) is 2.88. The van der Waals surface area contributed by atoms with Crippen molar-refractivity contribution in [2.75, 3.05) is 18.6 Å². The summed E-state index contributed by atoms with van der Waals surface area (Å²) in [5.41, 5.74) is 3.22. The molecule has 106 valence electrons. The number of H-pyrrole nitrogens is 1. The van der Waals surface area contributed by atoms with Gasteiger partial charge in [0.05, 0.1) is 12.6 Å². The molecule has 1 aromatic heterocycles. The van der Waals surface area contributed by atoms with E-state index in [1.54, 1.807) is 0 Å². The Morgan fingerprint density at radius 3 is 3.00 bits per heavy atom. The third-order valence-corrected chi connectivity index (χ3v) is 4.14. The maximum atomic E-state index is 12.2. The topological polar surface area (TPSA) is 68.4 Å². The van der Waals surface area contributed by atoms with Crippen LogP contribution < -0.4 is 10.2 Å². The number of anilines is 1. The number of carbonyl (C=O) groups excluding carboxylic acids is 1. The molecule has 0 aliphatic carbocycles. The molecule has 1 aromatic carbocycles. The Bertz CT molecular complexity index is 650. The van der Waals surface area contributed by atoms with E-state index in [0.29, 0.717) is 6.42 Å². The number of aliphatic hydroxyl groups excluding tert-OH is 1. The van der Waals surface area contributed by atoms with Gasteiger partial charge >= 0.3 is 0 Å². The van der Waals surface area contributed by atoms with Crippen molar-refractivity contribution in [3.8, 4) is 0 Å². The first-order valence-corrected chi connectivity index (χ1v) is 6.85. The van der Waals surface area contributed by atoms with E-state index in [9.17, 15) is 9.90 Å². The molecular formula is C15H19N3O2. The summed E-state index contributed by atoms with van der Waals surface area (Å²) in [7, 11) is 1.93. The largest absolute Gasteiger partial charge is 0.394 e. The Hall–Kier alpha value is -2.01. The lowest BCUT2D eigenvalue weighted by atomic mass is 10.0. The lowest BCUT2D eigenvalue weighted by molar-refractivity contribution is -0.123. The van der Waals surface area contributed by atoms with Crippen LogP contribution in [0.25, 0.3) is 10.9 Å². The highest BCUT2D eigenvalue weighted by Gasteiger charge is 2.26. The first-order valence-electron chi connectivity index (χ1n) is 6.85. The molecule has 0 spiro atoms. The Kier molecular flexibility index (Phi) is 3.14. The minimum Gasteiger partial charge on any atom is -0.394 e. The Labute approximate surface area is 117 Å². The Morgan fingerprint density at radius 1 is 1.45 bits per heavy atom. The molecule has 5 heteroatoms. The molecule has 0 saturated carbocycles. The molecule has 0 bridgehead atoms.